The van der Waals surface area contributed by atoms with E-state index in [9.17, 15) is 14.4 Å². The molecule has 1 aliphatic heterocycles. The summed E-state index contributed by atoms with van der Waals surface area (Å²) in [6.45, 7) is 1.93. The molecule has 3 amide bonds. The van der Waals surface area contributed by atoms with Gasteiger partial charge in [0.15, 0.2) is 0 Å². The molecule has 0 aliphatic carbocycles. The van der Waals surface area contributed by atoms with Crippen LogP contribution in [-0.2, 0) is 20.9 Å². The number of hydrogen-bond donors (Lipinski definition) is 2. The number of carbonyl (C=O) groups excluding carboxylic acids is 3. The molecule has 2 N–H and O–H groups in total. The Hall–Kier alpha value is -4.36. The van der Waals surface area contributed by atoms with Gasteiger partial charge in [0.1, 0.15) is 12.1 Å². The summed E-state index contributed by atoms with van der Waals surface area (Å²) in [5.74, 6) is -1.12. The first-order valence-electron chi connectivity index (χ1n) is 11.0. The lowest BCUT2D eigenvalue weighted by atomic mass is 10.1. The zero-order valence-electron chi connectivity index (χ0n) is 18.8. The van der Waals surface area contributed by atoms with Gasteiger partial charge in [-0.05, 0) is 55.5 Å². The third-order valence-corrected chi connectivity index (χ3v) is 6.16. The molecule has 0 radical (unpaired) electrons. The van der Waals surface area contributed by atoms with Crippen LogP contribution in [0.15, 0.2) is 84.4 Å². The monoisotopic (exact) mass is 484 g/mol. The maximum Gasteiger partial charge on any atom is 0.282 e. The Morgan fingerprint density at radius 2 is 1.66 bits per heavy atom. The van der Waals surface area contributed by atoms with E-state index in [1.54, 1.807) is 54.6 Å². The number of anilines is 2. The third-order valence-electron chi connectivity index (χ3n) is 5.90. The molecule has 5 rings (SSSR count). The highest BCUT2D eigenvalue weighted by atomic mass is 35.5. The van der Waals surface area contributed by atoms with Crippen molar-refractivity contribution in [3.63, 3.8) is 0 Å². The van der Waals surface area contributed by atoms with E-state index in [0.717, 1.165) is 16.6 Å². The molecule has 1 aliphatic rings. The molecule has 35 heavy (non-hydrogen) atoms. The van der Waals surface area contributed by atoms with Gasteiger partial charge in [-0.3, -0.25) is 19.8 Å². The zero-order valence-corrected chi connectivity index (χ0v) is 19.5. The molecular formula is C27H21ClN4O3. The highest BCUT2D eigenvalue weighted by Crippen LogP contribution is 2.30. The van der Waals surface area contributed by atoms with Crippen molar-refractivity contribution < 1.29 is 14.4 Å². The second-order valence-corrected chi connectivity index (χ2v) is 8.57. The van der Waals surface area contributed by atoms with Gasteiger partial charge in [0.05, 0.1) is 5.69 Å². The summed E-state index contributed by atoms with van der Waals surface area (Å²) in [5.41, 5.74) is 6.19. The summed E-state index contributed by atoms with van der Waals surface area (Å²) in [6, 6.07) is 23.4. The van der Waals surface area contributed by atoms with Gasteiger partial charge in [0.25, 0.3) is 11.8 Å². The van der Waals surface area contributed by atoms with E-state index in [2.05, 4.69) is 10.7 Å². The second kappa shape index (κ2) is 9.12. The van der Waals surface area contributed by atoms with Gasteiger partial charge in [0.2, 0.25) is 5.91 Å². The molecule has 8 heteroatoms. The molecule has 4 aromatic rings. The fourth-order valence-electron chi connectivity index (χ4n) is 4.18. The van der Waals surface area contributed by atoms with E-state index < -0.39 is 11.8 Å². The number of nitrogens with one attached hydrogen (secondary N) is 2. The van der Waals surface area contributed by atoms with Crippen molar-refractivity contribution in [3.8, 4) is 0 Å². The number of carbonyl (C=O) groups is 3. The van der Waals surface area contributed by atoms with Crippen LogP contribution in [0.25, 0.3) is 17.0 Å². The van der Waals surface area contributed by atoms with Crippen LogP contribution >= 0.6 is 11.6 Å². The maximum atomic E-state index is 13.1. The number of fused-ring (bicyclic) bond motifs is 1. The lowest BCUT2D eigenvalue weighted by Gasteiger charge is -2.13. The lowest BCUT2D eigenvalue weighted by molar-refractivity contribution is -0.118. The van der Waals surface area contributed by atoms with E-state index in [1.165, 1.54) is 5.01 Å². The average molecular weight is 485 g/mol. The Labute approximate surface area is 206 Å². The van der Waals surface area contributed by atoms with Gasteiger partial charge in [0, 0.05) is 32.9 Å². The predicted octanol–water partition coefficient (Wildman–Crippen LogP) is 4.70. The summed E-state index contributed by atoms with van der Waals surface area (Å²) in [4.78, 5) is 38.6. The van der Waals surface area contributed by atoms with Crippen molar-refractivity contribution in [1.29, 1.82) is 0 Å². The molecule has 0 atom stereocenters. The zero-order chi connectivity index (χ0) is 24.5. The van der Waals surface area contributed by atoms with Crippen molar-refractivity contribution in [2.45, 2.75) is 13.5 Å². The van der Waals surface area contributed by atoms with Crippen molar-refractivity contribution in [2.75, 3.05) is 10.3 Å². The first-order valence-corrected chi connectivity index (χ1v) is 11.4. The molecule has 1 fully saturated rings. The number of nitrogens with zero attached hydrogens (tertiary/aromatic N) is 2. The van der Waals surface area contributed by atoms with Crippen LogP contribution in [0.1, 0.15) is 11.3 Å². The van der Waals surface area contributed by atoms with Crippen molar-refractivity contribution in [3.05, 3.63) is 101 Å². The summed E-state index contributed by atoms with van der Waals surface area (Å²) < 4.78 is 1.87. The van der Waals surface area contributed by atoms with E-state index in [0.29, 0.717) is 22.0 Å². The number of amides is 3. The van der Waals surface area contributed by atoms with Crippen LogP contribution in [0.5, 0.6) is 0 Å². The van der Waals surface area contributed by atoms with Gasteiger partial charge in [-0.15, -0.1) is 0 Å². The standard InChI is InChI=1S/C27H21ClN4O3/c1-17-22(15-23-26(34)30-32(27(23)35)20-7-3-2-4-8-20)21-9-5-6-10-24(21)31(17)16-25(33)29-19-13-11-18(28)12-14-19/h2-15H,16H2,1H3,(H,29,33)(H,30,34)/b23-15-. The molecule has 7 nitrogen and oxygen atoms in total. The van der Waals surface area contributed by atoms with Gasteiger partial charge in [-0.1, -0.05) is 48.0 Å². The Morgan fingerprint density at radius 1 is 0.971 bits per heavy atom. The number of hydrogen-bond acceptors (Lipinski definition) is 3. The third kappa shape index (κ3) is 4.29. The van der Waals surface area contributed by atoms with Gasteiger partial charge < -0.3 is 9.88 Å². The van der Waals surface area contributed by atoms with Crippen LogP contribution in [0, 0.1) is 6.92 Å². The molecule has 1 aromatic heterocycles. The molecule has 0 saturated carbocycles. The van der Waals surface area contributed by atoms with Crippen LogP contribution in [0.4, 0.5) is 11.4 Å². The van der Waals surface area contributed by atoms with E-state index in [4.69, 9.17) is 11.6 Å². The van der Waals surface area contributed by atoms with E-state index in [-0.39, 0.29) is 18.0 Å². The second-order valence-electron chi connectivity index (χ2n) is 8.13. The fraction of sp³-hybridized carbons (Fsp3) is 0.0741. The summed E-state index contributed by atoms with van der Waals surface area (Å²) in [6.07, 6.45) is 1.60. The van der Waals surface area contributed by atoms with Crippen molar-refractivity contribution >= 4 is 57.7 Å². The minimum absolute atomic E-state index is 0.0328. The van der Waals surface area contributed by atoms with E-state index >= 15 is 0 Å². The minimum atomic E-state index is -0.476. The SMILES string of the molecule is Cc1c(/C=C2/C(=O)NN(c3ccccc3)C2=O)c2ccccc2n1CC(=O)Nc1ccc(Cl)cc1. The number of halogens is 1. The quantitative estimate of drug-likeness (QED) is 0.318. The van der Waals surface area contributed by atoms with Gasteiger partial charge in [-0.2, -0.15) is 0 Å². The number of para-hydroxylation sites is 2. The molecule has 0 unspecified atom stereocenters. The fourth-order valence-corrected chi connectivity index (χ4v) is 4.31. The lowest BCUT2D eigenvalue weighted by Crippen LogP contribution is -2.35. The minimum Gasteiger partial charge on any atom is -0.335 e. The number of aromatic nitrogens is 1. The molecule has 2 heterocycles. The number of hydrazine groups is 1. The largest absolute Gasteiger partial charge is 0.335 e. The average Bonchev–Trinajstić information content (AvgIpc) is 3.29. The Bertz CT molecular complexity index is 1490. The topological polar surface area (TPSA) is 83.4 Å². The molecule has 1 saturated heterocycles. The number of benzene rings is 3. The predicted molar refractivity (Wildman–Crippen MR) is 137 cm³/mol. The van der Waals surface area contributed by atoms with Crippen LogP contribution in [0.3, 0.4) is 0 Å². The van der Waals surface area contributed by atoms with Gasteiger partial charge >= 0.3 is 0 Å². The molecular weight excluding hydrogens is 464 g/mol. The highest BCUT2D eigenvalue weighted by molar-refractivity contribution is 6.32. The first kappa shape index (κ1) is 22.4. The smallest absolute Gasteiger partial charge is 0.282 e. The molecule has 174 valence electrons. The van der Waals surface area contributed by atoms with Crippen molar-refractivity contribution in [2.24, 2.45) is 0 Å². The first-order chi connectivity index (χ1) is 16.9. The molecule has 3 aromatic carbocycles. The van der Waals surface area contributed by atoms with E-state index in [1.807, 2.05) is 41.8 Å². The van der Waals surface area contributed by atoms with Crippen molar-refractivity contribution in [1.82, 2.24) is 9.99 Å². The molecule has 0 bridgehead atoms. The maximum absolute atomic E-state index is 13.1. The normalized spacial score (nSPS) is 14.6. The summed E-state index contributed by atoms with van der Waals surface area (Å²) in [5, 5.41) is 5.54. The van der Waals surface area contributed by atoms with Crippen LogP contribution in [-0.4, -0.2) is 22.3 Å². The summed E-state index contributed by atoms with van der Waals surface area (Å²) in [7, 11) is 0. The summed E-state index contributed by atoms with van der Waals surface area (Å²) >= 11 is 5.92. The van der Waals surface area contributed by atoms with Gasteiger partial charge in [-0.25, -0.2) is 5.01 Å². The van der Waals surface area contributed by atoms with Crippen LogP contribution in [0.2, 0.25) is 5.02 Å². The Balaban J connectivity index is 1.49. The van der Waals surface area contributed by atoms with Crippen LogP contribution < -0.4 is 15.8 Å². The Morgan fingerprint density at radius 3 is 2.40 bits per heavy atom. The highest BCUT2D eigenvalue weighted by Gasteiger charge is 2.35. The number of rotatable bonds is 5. The Kier molecular flexibility index (Phi) is 5.84. The molecule has 0 spiro atoms.